The van der Waals surface area contributed by atoms with E-state index in [1.54, 1.807) is 12.1 Å². The van der Waals surface area contributed by atoms with Crippen molar-refractivity contribution in [3.8, 4) is 17.4 Å². The third kappa shape index (κ3) is 2.55. The molecule has 3 nitrogen and oxygen atoms in total. The first-order valence-corrected chi connectivity index (χ1v) is 6.89. The van der Waals surface area contributed by atoms with Crippen LogP contribution in [0.1, 0.15) is 16.7 Å². The third-order valence-corrected chi connectivity index (χ3v) is 3.48. The Balaban J connectivity index is 2.05. The maximum atomic E-state index is 9.89. The zero-order chi connectivity index (χ0) is 15.0. The van der Waals surface area contributed by atoms with Gasteiger partial charge in [-0.05, 0) is 44.0 Å². The minimum atomic E-state index is 0.162. The van der Waals surface area contributed by atoms with Crippen LogP contribution >= 0.6 is 0 Å². The van der Waals surface area contributed by atoms with Crippen molar-refractivity contribution in [2.45, 2.75) is 20.8 Å². The van der Waals surface area contributed by atoms with Gasteiger partial charge in [-0.15, -0.1) is 0 Å². The summed E-state index contributed by atoms with van der Waals surface area (Å²) in [4.78, 5) is 4.40. The summed E-state index contributed by atoms with van der Waals surface area (Å²) in [6.45, 7) is 6.11. The number of fused-ring (bicyclic) bond motifs is 1. The summed E-state index contributed by atoms with van der Waals surface area (Å²) >= 11 is 0. The Morgan fingerprint density at radius 1 is 0.952 bits per heavy atom. The lowest BCUT2D eigenvalue weighted by molar-refractivity contribution is 0.454. The number of rotatable bonds is 2. The van der Waals surface area contributed by atoms with E-state index in [1.807, 2.05) is 32.0 Å². The van der Waals surface area contributed by atoms with Crippen LogP contribution in [-0.2, 0) is 0 Å². The molecule has 0 amide bonds. The third-order valence-electron chi connectivity index (χ3n) is 3.48. The van der Waals surface area contributed by atoms with Crippen molar-refractivity contribution >= 4 is 10.9 Å². The molecule has 0 aliphatic heterocycles. The molecule has 3 aromatic rings. The number of hydrogen-bond donors (Lipinski definition) is 1. The number of aromatic nitrogens is 1. The average molecular weight is 279 g/mol. The average Bonchev–Trinajstić information content (AvgIpc) is 2.43. The molecule has 106 valence electrons. The van der Waals surface area contributed by atoms with Crippen LogP contribution in [0.3, 0.4) is 0 Å². The number of aryl methyl sites for hydroxylation is 3. The van der Waals surface area contributed by atoms with Gasteiger partial charge in [0.15, 0.2) is 0 Å². The van der Waals surface area contributed by atoms with Crippen LogP contribution in [0.5, 0.6) is 17.4 Å². The molecule has 0 bridgehead atoms. The number of para-hydroxylation sites is 1. The highest BCUT2D eigenvalue weighted by molar-refractivity contribution is 5.84. The first-order valence-electron chi connectivity index (χ1n) is 6.89. The molecule has 3 rings (SSSR count). The zero-order valence-electron chi connectivity index (χ0n) is 12.3. The molecule has 0 aliphatic rings. The van der Waals surface area contributed by atoms with Gasteiger partial charge < -0.3 is 9.84 Å². The van der Waals surface area contributed by atoms with Crippen LogP contribution in [0.4, 0.5) is 0 Å². The van der Waals surface area contributed by atoms with Crippen molar-refractivity contribution in [3.63, 3.8) is 0 Å². The lowest BCUT2D eigenvalue weighted by atomic mass is 10.1. The van der Waals surface area contributed by atoms with Crippen LogP contribution < -0.4 is 4.74 Å². The molecule has 2 aromatic carbocycles. The molecule has 3 heteroatoms. The number of aromatic hydroxyl groups is 1. The number of pyridine rings is 1. The van der Waals surface area contributed by atoms with Gasteiger partial charge in [-0.2, -0.15) is 0 Å². The Bertz CT molecular complexity index is 802. The lowest BCUT2D eigenvalue weighted by Gasteiger charge is -2.12. The quantitative estimate of drug-likeness (QED) is 0.742. The van der Waals surface area contributed by atoms with Gasteiger partial charge in [0.2, 0.25) is 5.88 Å². The van der Waals surface area contributed by atoms with Gasteiger partial charge >= 0.3 is 0 Å². The molecule has 21 heavy (non-hydrogen) atoms. The normalized spacial score (nSPS) is 10.8. The van der Waals surface area contributed by atoms with Gasteiger partial charge in [-0.1, -0.05) is 29.8 Å². The fourth-order valence-electron chi connectivity index (χ4n) is 2.60. The number of phenols is 1. The summed E-state index contributed by atoms with van der Waals surface area (Å²) in [5.41, 5.74) is 3.91. The Kier molecular flexibility index (Phi) is 3.26. The monoisotopic (exact) mass is 279 g/mol. The molecule has 0 atom stereocenters. The molecule has 0 aliphatic carbocycles. The van der Waals surface area contributed by atoms with E-state index in [4.69, 9.17) is 4.74 Å². The zero-order valence-corrected chi connectivity index (χ0v) is 12.3. The number of phenolic OH excluding ortho intramolecular Hbond substituents is 1. The largest absolute Gasteiger partial charge is 0.506 e. The Morgan fingerprint density at radius 2 is 1.67 bits per heavy atom. The summed E-state index contributed by atoms with van der Waals surface area (Å²) in [7, 11) is 0. The Morgan fingerprint density at radius 3 is 2.38 bits per heavy atom. The van der Waals surface area contributed by atoms with Crippen molar-refractivity contribution in [2.24, 2.45) is 0 Å². The summed E-state index contributed by atoms with van der Waals surface area (Å²) in [5.74, 6) is 1.47. The first-order chi connectivity index (χ1) is 10.0. The van der Waals surface area contributed by atoms with Gasteiger partial charge in [0, 0.05) is 11.5 Å². The highest BCUT2D eigenvalue weighted by Gasteiger charge is 2.09. The van der Waals surface area contributed by atoms with Crippen molar-refractivity contribution in [1.82, 2.24) is 4.98 Å². The van der Waals surface area contributed by atoms with Gasteiger partial charge in [-0.25, -0.2) is 4.98 Å². The number of ether oxygens (including phenoxy) is 1. The predicted octanol–water partition coefficient (Wildman–Crippen LogP) is 4.66. The summed E-state index contributed by atoms with van der Waals surface area (Å²) in [6.07, 6.45) is 0. The molecule has 0 unspecified atom stereocenters. The van der Waals surface area contributed by atoms with Gasteiger partial charge in [0.05, 0.1) is 0 Å². The van der Waals surface area contributed by atoms with Crippen molar-refractivity contribution in [1.29, 1.82) is 0 Å². The van der Waals surface area contributed by atoms with E-state index in [9.17, 15) is 5.11 Å². The smallest absolute Gasteiger partial charge is 0.219 e. The number of hydrogen-bond acceptors (Lipinski definition) is 3. The molecule has 0 fully saturated rings. The van der Waals surface area contributed by atoms with Gasteiger partial charge in [-0.3, -0.25) is 0 Å². The predicted molar refractivity (Wildman–Crippen MR) is 84.1 cm³/mol. The van der Waals surface area contributed by atoms with Crippen LogP contribution in [-0.4, -0.2) is 10.1 Å². The second-order valence-electron chi connectivity index (χ2n) is 5.33. The molecule has 0 saturated heterocycles. The summed E-state index contributed by atoms with van der Waals surface area (Å²) < 4.78 is 5.94. The Hall–Kier alpha value is -2.55. The molecule has 0 spiro atoms. The molecule has 0 saturated carbocycles. The number of nitrogens with zero attached hydrogens (tertiary/aromatic N) is 1. The van der Waals surface area contributed by atoms with Crippen molar-refractivity contribution < 1.29 is 9.84 Å². The lowest BCUT2D eigenvalue weighted by Crippen LogP contribution is -1.94. The second kappa shape index (κ2) is 5.09. The SMILES string of the molecule is Cc1cc(C)c(Oc2ccc3cccc(O)c3n2)c(C)c1. The van der Waals surface area contributed by atoms with E-state index in [1.165, 1.54) is 5.56 Å². The minimum absolute atomic E-state index is 0.162. The van der Waals surface area contributed by atoms with Crippen molar-refractivity contribution in [3.05, 3.63) is 59.2 Å². The highest BCUT2D eigenvalue weighted by Crippen LogP contribution is 2.31. The van der Waals surface area contributed by atoms with Gasteiger partial charge in [0.25, 0.3) is 0 Å². The summed E-state index contributed by atoms with van der Waals surface area (Å²) in [5, 5.41) is 10.8. The first kappa shape index (κ1) is 13.4. The molecule has 1 aromatic heterocycles. The highest BCUT2D eigenvalue weighted by atomic mass is 16.5. The van der Waals surface area contributed by atoms with Crippen LogP contribution in [0.25, 0.3) is 10.9 Å². The molecular weight excluding hydrogens is 262 g/mol. The molecule has 1 N–H and O–H groups in total. The van der Waals surface area contributed by atoms with E-state index < -0.39 is 0 Å². The van der Waals surface area contributed by atoms with E-state index in [2.05, 4.69) is 24.0 Å². The second-order valence-corrected chi connectivity index (χ2v) is 5.33. The van der Waals surface area contributed by atoms with Crippen LogP contribution in [0, 0.1) is 20.8 Å². The van der Waals surface area contributed by atoms with E-state index in [-0.39, 0.29) is 5.75 Å². The summed E-state index contributed by atoms with van der Waals surface area (Å²) in [6, 6.07) is 13.2. The number of benzene rings is 2. The van der Waals surface area contributed by atoms with Gasteiger partial charge in [0.1, 0.15) is 17.0 Å². The maximum absolute atomic E-state index is 9.89. The maximum Gasteiger partial charge on any atom is 0.219 e. The van der Waals surface area contributed by atoms with Crippen molar-refractivity contribution in [2.75, 3.05) is 0 Å². The van der Waals surface area contributed by atoms with Crippen LogP contribution in [0.2, 0.25) is 0 Å². The standard InChI is InChI=1S/C18H17NO2/c1-11-9-12(2)18(13(3)10-11)21-16-8-7-14-5-4-6-15(20)17(14)19-16/h4-10,20H,1-3H3. The molecular formula is C18H17NO2. The molecule has 1 heterocycles. The van der Waals surface area contributed by atoms with Crippen LogP contribution in [0.15, 0.2) is 42.5 Å². The topological polar surface area (TPSA) is 42.4 Å². The van der Waals surface area contributed by atoms with E-state index in [0.717, 1.165) is 22.3 Å². The molecule has 0 radical (unpaired) electrons. The Labute approximate surface area is 123 Å². The van der Waals surface area contributed by atoms with E-state index in [0.29, 0.717) is 11.4 Å². The minimum Gasteiger partial charge on any atom is -0.506 e. The fourth-order valence-corrected chi connectivity index (χ4v) is 2.60. The van der Waals surface area contributed by atoms with E-state index >= 15 is 0 Å². The fraction of sp³-hybridized carbons (Fsp3) is 0.167.